The Balaban J connectivity index is 2.33. The van der Waals surface area contributed by atoms with Crippen LogP contribution in [0, 0.1) is 0 Å². The van der Waals surface area contributed by atoms with Crippen LogP contribution < -0.4 is 9.46 Å². The van der Waals surface area contributed by atoms with Gasteiger partial charge in [0.2, 0.25) is 0 Å². The highest BCUT2D eigenvalue weighted by Crippen LogP contribution is 2.28. The molecule has 0 saturated carbocycles. The zero-order valence-electron chi connectivity index (χ0n) is 13.8. The van der Waals surface area contributed by atoms with Crippen LogP contribution in [-0.2, 0) is 22.9 Å². The quantitative estimate of drug-likeness (QED) is 0.833. The molecule has 0 fully saturated rings. The lowest BCUT2D eigenvalue weighted by Crippen LogP contribution is -2.14. The minimum absolute atomic E-state index is 0.248. The van der Waals surface area contributed by atoms with Gasteiger partial charge in [-0.25, -0.2) is 8.42 Å². The lowest BCUT2D eigenvalue weighted by atomic mass is 10.1. The van der Waals surface area contributed by atoms with Gasteiger partial charge in [-0.1, -0.05) is 38.5 Å². The van der Waals surface area contributed by atoms with Crippen molar-refractivity contribution in [2.45, 2.75) is 38.0 Å². The minimum atomic E-state index is -3.63. The van der Waals surface area contributed by atoms with Crippen molar-refractivity contribution in [3.8, 4) is 5.75 Å². The number of benzene rings is 2. The maximum absolute atomic E-state index is 12.6. The number of rotatable bonds is 7. The van der Waals surface area contributed by atoms with E-state index in [4.69, 9.17) is 4.74 Å². The molecule has 0 saturated heterocycles. The molecule has 4 nitrogen and oxygen atoms in total. The van der Waals surface area contributed by atoms with E-state index in [-0.39, 0.29) is 4.90 Å². The van der Waals surface area contributed by atoms with Crippen molar-refractivity contribution in [2.75, 3.05) is 11.8 Å². The SMILES string of the molecule is CCCc1ccc(OC)c(NS(=O)(=O)c2ccc(CC)cc2)c1. The molecule has 5 heteroatoms. The fraction of sp³-hybridized carbons (Fsp3) is 0.333. The van der Waals surface area contributed by atoms with Crippen LogP contribution >= 0.6 is 0 Å². The Kier molecular flexibility index (Phi) is 5.66. The molecule has 0 aliphatic heterocycles. The molecule has 0 atom stereocenters. The van der Waals surface area contributed by atoms with Gasteiger partial charge < -0.3 is 4.74 Å². The van der Waals surface area contributed by atoms with Crippen molar-refractivity contribution in [1.29, 1.82) is 0 Å². The third-order valence-corrected chi connectivity index (χ3v) is 5.07. The molecule has 0 amide bonds. The Labute approximate surface area is 138 Å². The molecule has 0 radical (unpaired) electrons. The third-order valence-electron chi connectivity index (χ3n) is 3.69. The summed E-state index contributed by atoms with van der Waals surface area (Å²) in [6, 6.07) is 12.5. The number of ether oxygens (including phenoxy) is 1. The first-order chi connectivity index (χ1) is 11.0. The van der Waals surface area contributed by atoms with Crippen molar-refractivity contribution >= 4 is 15.7 Å². The summed E-state index contributed by atoms with van der Waals surface area (Å²) in [5, 5.41) is 0. The molecule has 124 valence electrons. The van der Waals surface area contributed by atoms with E-state index < -0.39 is 10.0 Å². The van der Waals surface area contributed by atoms with E-state index in [0.717, 1.165) is 30.4 Å². The van der Waals surface area contributed by atoms with Crippen LogP contribution in [0.1, 0.15) is 31.4 Å². The Morgan fingerprint density at radius 3 is 2.22 bits per heavy atom. The monoisotopic (exact) mass is 333 g/mol. The fourth-order valence-corrected chi connectivity index (χ4v) is 3.45. The van der Waals surface area contributed by atoms with Crippen LogP contribution in [0.3, 0.4) is 0 Å². The lowest BCUT2D eigenvalue weighted by Gasteiger charge is -2.13. The number of methoxy groups -OCH3 is 1. The molecule has 2 rings (SSSR count). The highest BCUT2D eigenvalue weighted by Gasteiger charge is 2.16. The summed E-state index contributed by atoms with van der Waals surface area (Å²) in [6.07, 6.45) is 2.77. The molecular weight excluding hydrogens is 310 g/mol. The Hall–Kier alpha value is -2.01. The van der Waals surface area contributed by atoms with Crippen LogP contribution in [0.5, 0.6) is 5.75 Å². The van der Waals surface area contributed by atoms with E-state index in [0.29, 0.717) is 11.4 Å². The summed E-state index contributed by atoms with van der Waals surface area (Å²) in [5.41, 5.74) is 2.65. The Bertz CT molecular complexity index is 752. The molecule has 23 heavy (non-hydrogen) atoms. The summed E-state index contributed by atoms with van der Waals surface area (Å²) in [4.78, 5) is 0.248. The number of hydrogen-bond acceptors (Lipinski definition) is 3. The summed E-state index contributed by atoms with van der Waals surface area (Å²) in [5.74, 6) is 0.513. The molecule has 2 aromatic rings. The molecule has 2 aromatic carbocycles. The van der Waals surface area contributed by atoms with Crippen LogP contribution in [0.2, 0.25) is 0 Å². The predicted octanol–water partition coefficient (Wildman–Crippen LogP) is 4.01. The first kappa shape index (κ1) is 17.3. The van der Waals surface area contributed by atoms with Gasteiger partial charge in [-0.05, 0) is 48.2 Å². The number of sulfonamides is 1. The Morgan fingerprint density at radius 2 is 1.65 bits per heavy atom. The topological polar surface area (TPSA) is 55.4 Å². The van der Waals surface area contributed by atoms with Crippen LogP contribution in [0.15, 0.2) is 47.4 Å². The van der Waals surface area contributed by atoms with E-state index in [2.05, 4.69) is 11.6 Å². The van der Waals surface area contributed by atoms with Crippen LogP contribution in [-0.4, -0.2) is 15.5 Å². The second kappa shape index (κ2) is 7.51. The second-order valence-corrected chi connectivity index (χ2v) is 7.07. The van der Waals surface area contributed by atoms with E-state index in [9.17, 15) is 8.42 Å². The van der Waals surface area contributed by atoms with E-state index in [1.165, 1.54) is 7.11 Å². The van der Waals surface area contributed by atoms with Crippen LogP contribution in [0.4, 0.5) is 5.69 Å². The van der Waals surface area contributed by atoms with Gasteiger partial charge in [-0.2, -0.15) is 0 Å². The average Bonchev–Trinajstić information content (AvgIpc) is 2.55. The molecule has 0 spiro atoms. The molecule has 0 bridgehead atoms. The standard InChI is InChI=1S/C18H23NO3S/c1-4-6-15-9-12-18(22-3)17(13-15)19-23(20,21)16-10-7-14(5-2)8-11-16/h7-13,19H,4-6H2,1-3H3. The smallest absolute Gasteiger partial charge is 0.262 e. The minimum Gasteiger partial charge on any atom is -0.495 e. The summed E-state index contributed by atoms with van der Waals surface area (Å²) >= 11 is 0. The fourth-order valence-electron chi connectivity index (χ4n) is 2.39. The van der Waals surface area contributed by atoms with Gasteiger partial charge in [0.25, 0.3) is 10.0 Å². The molecule has 0 aliphatic rings. The number of anilines is 1. The molecule has 0 aromatic heterocycles. The second-order valence-electron chi connectivity index (χ2n) is 5.39. The molecule has 1 N–H and O–H groups in total. The van der Waals surface area contributed by atoms with E-state index in [1.54, 1.807) is 18.2 Å². The van der Waals surface area contributed by atoms with Gasteiger partial charge in [0.05, 0.1) is 17.7 Å². The Morgan fingerprint density at radius 1 is 1.00 bits per heavy atom. The number of aryl methyl sites for hydroxylation is 2. The van der Waals surface area contributed by atoms with Gasteiger partial charge in [-0.15, -0.1) is 0 Å². The maximum atomic E-state index is 12.6. The zero-order chi connectivity index (χ0) is 16.9. The van der Waals surface area contributed by atoms with Gasteiger partial charge >= 0.3 is 0 Å². The van der Waals surface area contributed by atoms with Crippen molar-refractivity contribution in [2.24, 2.45) is 0 Å². The van der Waals surface area contributed by atoms with Crippen molar-refractivity contribution in [1.82, 2.24) is 0 Å². The van der Waals surface area contributed by atoms with Gasteiger partial charge in [-0.3, -0.25) is 4.72 Å². The first-order valence-electron chi connectivity index (χ1n) is 7.78. The van der Waals surface area contributed by atoms with Gasteiger partial charge in [0.1, 0.15) is 5.75 Å². The normalized spacial score (nSPS) is 11.3. The molecule has 0 aliphatic carbocycles. The van der Waals surface area contributed by atoms with Gasteiger partial charge in [0, 0.05) is 0 Å². The first-order valence-corrected chi connectivity index (χ1v) is 9.27. The predicted molar refractivity (Wildman–Crippen MR) is 93.6 cm³/mol. The van der Waals surface area contributed by atoms with Gasteiger partial charge in [0.15, 0.2) is 0 Å². The zero-order valence-corrected chi connectivity index (χ0v) is 14.6. The third kappa shape index (κ3) is 4.26. The van der Waals surface area contributed by atoms with Crippen LogP contribution in [0.25, 0.3) is 0 Å². The highest BCUT2D eigenvalue weighted by atomic mass is 32.2. The summed E-state index contributed by atoms with van der Waals surface area (Å²) < 4.78 is 33.1. The van der Waals surface area contributed by atoms with Crippen molar-refractivity contribution in [3.05, 3.63) is 53.6 Å². The number of nitrogens with one attached hydrogen (secondary N) is 1. The molecule has 0 unspecified atom stereocenters. The average molecular weight is 333 g/mol. The largest absolute Gasteiger partial charge is 0.495 e. The van der Waals surface area contributed by atoms with Crippen molar-refractivity contribution in [3.63, 3.8) is 0 Å². The summed E-state index contributed by atoms with van der Waals surface area (Å²) in [6.45, 7) is 4.12. The summed E-state index contributed by atoms with van der Waals surface area (Å²) in [7, 11) is -2.10. The maximum Gasteiger partial charge on any atom is 0.262 e. The molecular formula is C18H23NO3S. The van der Waals surface area contributed by atoms with E-state index >= 15 is 0 Å². The lowest BCUT2D eigenvalue weighted by molar-refractivity contribution is 0.416. The molecule has 0 heterocycles. The highest BCUT2D eigenvalue weighted by molar-refractivity contribution is 7.92. The van der Waals surface area contributed by atoms with Crippen molar-refractivity contribution < 1.29 is 13.2 Å². The number of hydrogen-bond donors (Lipinski definition) is 1. The van der Waals surface area contributed by atoms with E-state index in [1.807, 2.05) is 31.2 Å².